The first-order valence-electron chi connectivity index (χ1n) is 6.03. The normalized spacial score (nSPS) is 28.6. The average Bonchev–Trinajstić information content (AvgIpc) is 2.58. The van der Waals surface area contributed by atoms with E-state index < -0.39 is 28.1 Å². The van der Waals surface area contributed by atoms with Crippen molar-refractivity contribution in [1.29, 1.82) is 0 Å². The van der Waals surface area contributed by atoms with Gasteiger partial charge in [0, 0.05) is 22.2 Å². The molecule has 1 aromatic rings. The lowest BCUT2D eigenvalue weighted by Crippen LogP contribution is -2.60. The zero-order valence-corrected chi connectivity index (χ0v) is 12.7. The molecule has 0 N–H and O–H groups in total. The van der Waals surface area contributed by atoms with Crippen molar-refractivity contribution in [3.8, 4) is 0 Å². The highest BCUT2D eigenvalue weighted by molar-refractivity contribution is 6.35. The summed E-state index contributed by atoms with van der Waals surface area (Å²) in [6.45, 7) is 2.50. The monoisotopic (exact) mass is 331 g/mol. The summed E-state index contributed by atoms with van der Waals surface area (Å²) in [5, 5.41) is 11.6. The van der Waals surface area contributed by atoms with E-state index in [-0.39, 0.29) is 22.3 Å². The summed E-state index contributed by atoms with van der Waals surface area (Å²) in [5.41, 5.74) is -2.20. The van der Waals surface area contributed by atoms with Gasteiger partial charge in [0.2, 0.25) is 0 Å². The topological polar surface area (TPSA) is 83.5 Å². The molecule has 6 nitrogen and oxygen atoms in total. The molecule has 21 heavy (non-hydrogen) atoms. The number of quaternary nitrogens is 1. The summed E-state index contributed by atoms with van der Waals surface area (Å²) in [4.78, 5) is 36.0. The summed E-state index contributed by atoms with van der Waals surface area (Å²) in [7, 11) is 0. The average molecular weight is 332 g/mol. The molecule has 0 spiro atoms. The van der Waals surface area contributed by atoms with E-state index >= 15 is 0 Å². The molecule has 2 unspecified atom stereocenters. The van der Waals surface area contributed by atoms with Crippen molar-refractivity contribution in [2.45, 2.75) is 19.4 Å². The highest BCUT2D eigenvalue weighted by atomic mass is 35.5. The van der Waals surface area contributed by atoms with Crippen molar-refractivity contribution >= 4 is 46.9 Å². The first kappa shape index (κ1) is 15.8. The van der Waals surface area contributed by atoms with Crippen LogP contribution in [0.5, 0.6) is 0 Å². The number of carbonyl (C=O) groups excluding carboxylic acids is 3. The van der Waals surface area contributed by atoms with Gasteiger partial charge in [0.1, 0.15) is 0 Å². The van der Waals surface area contributed by atoms with Crippen LogP contribution in [0.2, 0.25) is 10.0 Å². The first-order valence-corrected chi connectivity index (χ1v) is 6.78. The molecular weight excluding hydrogens is 321 g/mol. The molecular formula is C13H11Cl2NO5. The van der Waals surface area contributed by atoms with Crippen LogP contribution in [0.1, 0.15) is 13.8 Å². The van der Waals surface area contributed by atoms with E-state index in [1.165, 1.54) is 18.2 Å². The third-order valence-corrected chi connectivity index (χ3v) is 3.95. The predicted octanol–water partition coefficient (Wildman–Crippen LogP) is 1.51. The molecule has 0 radical (unpaired) electrons. The van der Waals surface area contributed by atoms with E-state index in [4.69, 9.17) is 27.9 Å². The Morgan fingerprint density at radius 2 is 1.81 bits per heavy atom. The summed E-state index contributed by atoms with van der Waals surface area (Å²) in [5.74, 6) is -2.73. The number of likely N-dealkylation sites (N-methyl/N-ethyl adjacent to an activating group) is 1. The van der Waals surface area contributed by atoms with Gasteiger partial charge in [0.05, 0.1) is 12.5 Å². The number of amides is 2. The second-order valence-corrected chi connectivity index (χ2v) is 5.62. The smallest absolute Gasteiger partial charge is 0.530 e. The molecule has 1 saturated heterocycles. The minimum Gasteiger partial charge on any atom is -0.545 e. The van der Waals surface area contributed by atoms with E-state index in [2.05, 4.69) is 0 Å². The summed E-state index contributed by atoms with van der Waals surface area (Å²) in [6, 6.07) is 4.18. The van der Waals surface area contributed by atoms with Crippen molar-refractivity contribution in [3.05, 3.63) is 28.2 Å². The third-order valence-electron chi connectivity index (χ3n) is 3.51. The zero-order valence-electron chi connectivity index (χ0n) is 11.2. The Bertz CT molecular complexity index is 642. The van der Waals surface area contributed by atoms with Crippen LogP contribution in [0.3, 0.4) is 0 Å². The second-order valence-electron chi connectivity index (χ2n) is 4.75. The summed E-state index contributed by atoms with van der Waals surface area (Å²) < 4.78 is 3.86. The second kappa shape index (κ2) is 4.98. The van der Waals surface area contributed by atoms with E-state index in [1.807, 2.05) is 0 Å². The number of hydrogen-bond donors (Lipinski definition) is 0. The van der Waals surface area contributed by atoms with Crippen LogP contribution in [-0.4, -0.2) is 30.1 Å². The molecule has 2 amide bonds. The SMILES string of the molecule is CC[N+]1(c2cc(Cl)cc(Cl)c2)C(=O)OC(C)(C(=O)[O-])C1=O. The standard InChI is InChI=1S/C13H11Cl2NO5/c1-3-16(9-5-7(14)4-8(15)6-9)10(17)13(2,11(18)19)21-12(16)20/h4-6H,3H2,1-2H3. The molecule has 0 aliphatic carbocycles. The van der Waals surface area contributed by atoms with Crippen LogP contribution < -0.4 is 9.59 Å². The van der Waals surface area contributed by atoms with Crippen LogP contribution in [0.25, 0.3) is 0 Å². The van der Waals surface area contributed by atoms with Crippen molar-refractivity contribution < 1.29 is 24.2 Å². The van der Waals surface area contributed by atoms with Gasteiger partial charge in [-0.15, -0.1) is 4.48 Å². The Labute approximate surface area is 130 Å². The van der Waals surface area contributed by atoms with Gasteiger partial charge in [-0.2, -0.15) is 4.79 Å². The molecule has 0 saturated carbocycles. The summed E-state index contributed by atoms with van der Waals surface area (Å²) >= 11 is 11.8. The Morgan fingerprint density at radius 1 is 1.29 bits per heavy atom. The highest BCUT2D eigenvalue weighted by Crippen LogP contribution is 2.39. The largest absolute Gasteiger partial charge is 0.545 e. The number of nitrogens with zero attached hydrogens (tertiary/aromatic N) is 1. The van der Waals surface area contributed by atoms with Gasteiger partial charge in [-0.05, 0) is 19.9 Å². The van der Waals surface area contributed by atoms with E-state index in [9.17, 15) is 19.5 Å². The van der Waals surface area contributed by atoms with Gasteiger partial charge < -0.3 is 14.6 Å². The Kier molecular flexibility index (Phi) is 3.73. The number of rotatable bonds is 3. The maximum Gasteiger partial charge on any atom is 0.530 e. The maximum absolute atomic E-state index is 12.6. The molecule has 8 heteroatoms. The van der Waals surface area contributed by atoms with Gasteiger partial charge in [-0.25, -0.2) is 4.79 Å². The molecule has 1 fully saturated rings. The predicted molar refractivity (Wildman–Crippen MR) is 73.7 cm³/mol. The molecule has 1 aliphatic rings. The van der Waals surface area contributed by atoms with E-state index in [0.717, 1.165) is 6.92 Å². The van der Waals surface area contributed by atoms with Crippen LogP contribution in [-0.2, 0) is 14.3 Å². The number of benzene rings is 1. The molecule has 1 aromatic carbocycles. The number of hydrogen-bond acceptors (Lipinski definition) is 5. The quantitative estimate of drug-likeness (QED) is 0.619. The van der Waals surface area contributed by atoms with Crippen LogP contribution in [0.15, 0.2) is 18.2 Å². The fraction of sp³-hybridized carbons (Fsp3) is 0.308. The molecule has 0 aromatic heterocycles. The molecule has 112 valence electrons. The highest BCUT2D eigenvalue weighted by Gasteiger charge is 2.66. The van der Waals surface area contributed by atoms with Crippen molar-refractivity contribution in [1.82, 2.24) is 4.48 Å². The first-order chi connectivity index (χ1) is 9.68. The number of aliphatic carboxylic acids is 1. The summed E-state index contributed by atoms with van der Waals surface area (Å²) in [6.07, 6.45) is -1.01. The lowest BCUT2D eigenvalue weighted by molar-refractivity contribution is -0.318. The number of carbonyl (C=O) groups is 3. The van der Waals surface area contributed by atoms with Gasteiger partial charge in [0.15, 0.2) is 5.69 Å². The Hall–Kier alpha value is -1.63. The number of imide groups is 1. The van der Waals surface area contributed by atoms with Crippen molar-refractivity contribution in [2.24, 2.45) is 0 Å². The molecule has 0 bridgehead atoms. The fourth-order valence-electron chi connectivity index (χ4n) is 2.31. The van der Waals surface area contributed by atoms with Crippen LogP contribution >= 0.6 is 23.2 Å². The molecule has 2 rings (SSSR count). The molecule has 2 atom stereocenters. The Morgan fingerprint density at radius 3 is 2.19 bits per heavy atom. The van der Waals surface area contributed by atoms with Crippen LogP contribution in [0.4, 0.5) is 10.5 Å². The lowest BCUT2D eigenvalue weighted by Gasteiger charge is -2.25. The third kappa shape index (κ3) is 2.10. The lowest BCUT2D eigenvalue weighted by atomic mass is 10.0. The van der Waals surface area contributed by atoms with Crippen LogP contribution in [0, 0.1) is 0 Å². The number of halogens is 2. The van der Waals surface area contributed by atoms with Crippen molar-refractivity contribution in [3.63, 3.8) is 0 Å². The Balaban J connectivity index is 2.69. The molecule has 1 heterocycles. The molecule has 1 aliphatic heterocycles. The van der Waals surface area contributed by atoms with Crippen molar-refractivity contribution in [2.75, 3.05) is 6.54 Å². The number of carboxylic acid groups (broad SMARTS) is 1. The van der Waals surface area contributed by atoms with E-state index in [1.54, 1.807) is 6.92 Å². The van der Waals surface area contributed by atoms with Gasteiger partial charge in [0.25, 0.3) is 5.60 Å². The fourth-order valence-corrected chi connectivity index (χ4v) is 2.82. The van der Waals surface area contributed by atoms with Gasteiger partial charge >= 0.3 is 12.0 Å². The zero-order chi connectivity index (χ0) is 16.0. The number of cyclic esters (lactones) is 1. The minimum atomic E-state index is -2.35. The van der Waals surface area contributed by atoms with Gasteiger partial charge in [-0.1, -0.05) is 23.2 Å². The number of carboxylic acids is 1. The van der Waals surface area contributed by atoms with Gasteiger partial charge in [-0.3, -0.25) is 0 Å². The minimum absolute atomic E-state index is 0.0444. The number of ether oxygens (including phenoxy) is 1. The maximum atomic E-state index is 12.6. The van der Waals surface area contributed by atoms with E-state index in [0.29, 0.717) is 0 Å².